The van der Waals surface area contributed by atoms with E-state index in [2.05, 4.69) is 5.10 Å². The van der Waals surface area contributed by atoms with E-state index in [4.69, 9.17) is 15.2 Å². The third kappa shape index (κ3) is 2.28. The molecule has 0 spiro atoms. The minimum absolute atomic E-state index is 0. The van der Waals surface area contributed by atoms with Crippen LogP contribution in [-0.2, 0) is 11.3 Å². The number of hydrogen-bond donors (Lipinski definition) is 1. The monoisotopic (exact) mass is 247 g/mol. The molecule has 0 fully saturated rings. The predicted octanol–water partition coefficient (Wildman–Crippen LogP) is 0.201. The Hall–Kier alpha value is -1.27. The number of nitrogens with zero attached hydrogens (tertiary/aromatic N) is 2. The molecule has 0 saturated carbocycles. The predicted molar refractivity (Wildman–Crippen MR) is 58.9 cm³/mol. The van der Waals surface area contributed by atoms with E-state index in [1.165, 1.54) is 6.20 Å². The lowest BCUT2D eigenvalue weighted by Gasteiger charge is -2.21. The second kappa shape index (κ2) is 5.18. The minimum Gasteiger partial charge on any atom is -0.475 e. The fourth-order valence-corrected chi connectivity index (χ4v) is 1.47. The molecule has 2 heterocycles. The lowest BCUT2D eigenvalue weighted by Crippen LogP contribution is -2.37. The van der Waals surface area contributed by atoms with Gasteiger partial charge in [-0.1, -0.05) is 0 Å². The van der Waals surface area contributed by atoms with Crippen molar-refractivity contribution in [1.29, 1.82) is 0 Å². The van der Waals surface area contributed by atoms with Gasteiger partial charge in [-0.2, -0.15) is 5.10 Å². The van der Waals surface area contributed by atoms with Crippen molar-refractivity contribution in [2.75, 3.05) is 13.2 Å². The number of carbonyl (C=O) groups is 1. The summed E-state index contributed by atoms with van der Waals surface area (Å²) in [6.07, 6.45) is 1.45. The van der Waals surface area contributed by atoms with Crippen LogP contribution in [0.2, 0.25) is 0 Å². The number of hydrogen-bond acceptors (Lipinski definition) is 5. The average Bonchev–Trinajstić information content (AvgIpc) is 2.60. The molecular weight excluding hydrogens is 234 g/mol. The molecule has 6 nitrogen and oxygen atoms in total. The van der Waals surface area contributed by atoms with Crippen LogP contribution in [0.25, 0.3) is 0 Å². The molecule has 7 heteroatoms. The fraction of sp³-hybridized carbons (Fsp3) is 0.556. The van der Waals surface area contributed by atoms with Crippen LogP contribution in [0.5, 0.6) is 5.88 Å². The van der Waals surface area contributed by atoms with E-state index in [-0.39, 0.29) is 18.4 Å². The first kappa shape index (κ1) is 12.8. The van der Waals surface area contributed by atoms with Crippen LogP contribution in [0.4, 0.5) is 0 Å². The first-order valence-corrected chi connectivity index (χ1v) is 4.83. The van der Waals surface area contributed by atoms with Crippen molar-refractivity contribution in [3.63, 3.8) is 0 Å². The minimum atomic E-state index is -0.408. The second-order valence-corrected chi connectivity index (χ2v) is 3.34. The first-order valence-electron chi connectivity index (χ1n) is 4.83. The summed E-state index contributed by atoms with van der Waals surface area (Å²) in [6, 6.07) is -0.0764. The zero-order valence-corrected chi connectivity index (χ0v) is 9.70. The molecule has 1 aliphatic rings. The molecule has 1 aliphatic heterocycles. The van der Waals surface area contributed by atoms with E-state index in [1.54, 1.807) is 11.6 Å². The molecule has 0 saturated heterocycles. The van der Waals surface area contributed by atoms with Crippen LogP contribution in [0, 0.1) is 0 Å². The van der Waals surface area contributed by atoms with Gasteiger partial charge in [-0.25, -0.2) is 9.48 Å². The zero-order valence-electron chi connectivity index (χ0n) is 8.88. The van der Waals surface area contributed by atoms with E-state index in [0.29, 0.717) is 31.2 Å². The summed E-state index contributed by atoms with van der Waals surface area (Å²) < 4.78 is 11.8. The van der Waals surface area contributed by atoms with E-state index < -0.39 is 5.97 Å². The molecule has 1 unspecified atom stereocenters. The smallest absolute Gasteiger partial charge is 0.345 e. The quantitative estimate of drug-likeness (QED) is 0.756. The maximum absolute atomic E-state index is 11.5. The molecule has 90 valence electrons. The maximum atomic E-state index is 11.5. The average molecular weight is 248 g/mol. The number of nitrogens with two attached hydrogens (primary N) is 1. The molecule has 1 aromatic heterocycles. The molecule has 2 N–H and O–H groups in total. The number of fused-ring (bicyclic) bond motifs is 1. The molecule has 0 bridgehead atoms. The van der Waals surface area contributed by atoms with Crippen LogP contribution >= 0.6 is 12.4 Å². The molecule has 2 rings (SSSR count). The fourth-order valence-electron chi connectivity index (χ4n) is 1.47. The van der Waals surface area contributed by atoms with Crippen LogP contribution < -0.4 is 10.5 Å². The summed E-state index contributed by atoms with van der Waals surface area (Å²) in [6.45, 7) is 3.06. The van der Waals surface area contributed by atoms with E-state index >= 15 is 0 Å². The normalized spacial score (nSPS) is 18.0. The highest BCUT2D eigenvalue weighted by molar-refractivity contribution is 5.91. The summed E-state index contributed by atoms with van der Waals surface area (Å²) in [5.74, 6) is 0.0457. The molecule has 1 atom stereocenters. The Morgan fingerprint density at radius 2 is 2.56 bits per heavy atom. The number of halogens is 1. The van der Waals surface area contributed by atoms with E-state index in [9.17, 15) is 4.79 Å². The number of ether oxygens (including phenoxy) is 2. The van der Waals surface area contributed by atoms with Crippen LogP contribution in [0.3, 0.4) is 0 Å². The van der Waals surface area contributed by atoms with Gasteiger partial charge < -0.3 is 15.2 Å². The Morgan fingerprint density at radius 3 is 3.25 bits per heavy atom. The lowest BCUT2D eigenvalue weighted by molar-refractivity contribution is 0.0518. The third-order valence-electron chi connectivity index (χ3n) is 2.13. The van der Waals surface area contributed by atoms with Crippen molar-refractivity contribution in [3.05, 3.63) is 11.8 Å². The second-order valence-electron chi connectivity index (χ2n) is 3.34. The van der Waals surface area contributed by atoms with Crippen LogP contribution in [0.1, 0.15) is 17.3 Å². The van der Waals surface area contributed by atoms with Gasteiger partial charge in [-0.05, 0) is 6.92 Å². The van der Waals surface area contributed by atoms with Crippen molar-refractivity contribution in [3.8, 4) is 5.88 Å². The van der Waals surface area contributed by atoms with Crippen molar-refractivity contribution >= 4 is 18.4 Å². The van der Waals surface area contributed by atoms with E-state index in [1.807, 2.05) is 0 Å². The standard InChI is InChI=1S/C9H13N3O3.ClH/c1-2-14-9(13)7-3-11-12-4-6(10)5-15-8(7)12;/h3,6H,2,4-5,10H2,1H3;1H. The van der Waals surface area contributed by atoms with Gasteiger partial charge in [0.25, 0.3) is 0 Å². The number of rotatable bonds is 2. The summed E-state index contributed by atoms with van der Waals surface area (Å²) in [5.41, 5.74) is 6.06. The SMILES string of the molecule is CCOC(=O)c1cnn2c1OCC(N)C2.Cl. The van der Waals surface area contributed by atoms with Crippen LogP contribution in [-0.4, -0.2) is 35.0 Å². The highest BCUT2D eigenvalue weighted by atomic mass is 35.5. The molecule has 0 aromatic carbocycles. The molecule has 0 radical (unpaired) electrons. The lowest BCUT2D eigenvalue weighted by atomic mass is 10.3. The van der Waals surface area contributed by atoms with Crippen LogP contribution in [0.15, 0.2) is 6.20 Å². The molecule has 0 aliphatic carbocycles. The number of aromatic nitrogens is 2. The molecule has 16 heavy (non-hydrogen) atoms. The Bertz CT molecular complexity index is 380. The zero-order chi connectivity index (χ0) is 10.8. The van der Waals surface area contributed by atoms with Gasteiger partial charge in [0.1, 0.15) is 12.2 Å². The Labute approximate surface area is 99.1 Å². The van der Waals surface area contributed by atoms with Crippen molar-refractivity contribution in [2.45, 2.75) is 19.5 Å². The van der Waals surface area contributed by atoms with Gasteiger partial charge in [-0.3, -0.25) is 0 Å². The van der Waals surface area contributed by atoms with Crippen molar-refractivity contribution < 1.29 is 14.3 Å². The number of esters is 1. The summed E-state index contributed by atoms with van der Waals surface area (Å²) in [7, 11) is 0. The Morgan fingerprint density at radius 1 is 1.81 bits per heavy atom. The highest BCUT2D eigenvalue weighted by Crippen LogP contribution is 2.22. The summed E-state index contributed by atoms with van der Waals surface area (Å²) in [4.78, 5) is 11.5. The molecule has 0 amide bonds. The largest absolute Gasteiger partial charge is 0.475 e. The topological polar surface area (TPSA) is 79.4 Å². The first-order chi connectivity index (χ1) is 7.22. The van der Waals surface area contributed by atoms with Gasteiger partial charge in [0.05, 0.1) is 25.4 Å². The highest BCUT2D eigenvalue weighted by Gasteiger charge is 2.25. The number of carbonyl (C=O) groups excluding carboxylic acids is 1. The van der Waals surface area contributed by atoms with Crippen molar-refractivity contribution in [2.24, 2.45) is 5.73 Å². The van der Waals surface area contributed by atoms with Gasteiger partial charge in [0.15, 0.2) is 0 Å². The summed E-state index contributed by atoms with van der Waals surface area (Å²) >= 11 is 0. The Balaban J connectivity index is 0.00000128. The van der Waals surface area contributed by atoms with Crippen molar-refractivity contribution in [1.82, 2.24) is 9.78 Å². The van der Waals surface area contributed by atoms with Gasteiger partial charge in [0.2, 0.25) is 5.88 Å². The molecular formula is C9H14ClN3O3. The van der Waals surface area contributed by atoms with Gasteiger partial charge >= 0.3 is 5.97 Å². The third-order valence-corrected chi connectivity index (χ3v) is 2.13. The summed E-state index contributed by atoms with van der Waals surface area (Å²) in [5, 5.41) is 4.02. The van der Waals surface area contributed by atoms with E-state index in [0.717, 1.165) is 0 Å². The van der Waals surface area contributed by atoms with Gasteiger partial charge in [-0.15, -0.1) is 12.4 Å². The van der Waals surface area contributed by atoms with Gasteiger partial charge in [0, 0.05) is 0 Å². The maximum Gasteiger partial charge on any atom is 0.345 e. The Kier molecular flexibility index (Phi) is 4.14. The molecule has 1 aromatic rings.